The van der Waals surface area contributed by atoms with Gasteiger partial charge in [-0.2, -0.15) is 0 Å². The van der Waals surface area contributed by atoms with Crippen LogP contribution in [0.3, 0.4) is 0 Å². The van der Waals surface area contributed by atoms with Gasteiger partial charge in [0, 0.05) is 31.5 Å². The Labute approximate surface area is 98.9 Å². The van der Waals surface area contributed by atoms with Crippen LogP contribution in [0.1, 0.15) is 52.9 Å². The molecule has 1 rings (SSSR count). The molecular formula is C13H25NO2. The van der Waals surface area contributed by atoms with Gasteiger partial charge in [0.1, 0.15) is 5.78 Å². The number of carbonyl (C=O) groups is 1. The summed E-state index contributed by atoms with van der Waals surface area (Å²) < 4.78 is 5.49. The normalized spacial score (nSPS) is 21.3. The van der Waals surface area contributed by atoms with E-state index in [9.17, 15) is 4.79 Å². The van der Waals surface area contributed by atoms with E-state index in [1.807, 2.05) is 0 Å². The molecule has 1 heterocycles. The van der Waals surface area contributed by atoms with Crippen molar-refractivity contribution in [2.75, 3.05) is 13.2 Å². The van der Waals surface area contributed by atoms with E-state index in [1.54, 1.807) is 0 Å². The number of Topliss-reactive ketones (excluding diaryl/α,β-unsaturated/α-hetero) is 1. The van der Waals surface area contributed by atoms with Crippen LogP contribution in [0.15, 0.2) is 0 Å². The quantitative estimate of drug-likeness (QED) is 0.756. The molecule has 3 nitrogen and oxygen atoms in total. The predicted octanol–water partition coefficient (Wildman–Crippen LogP) is 2.29. The Morgan fingerprint density at radius 2 is 2.12 bits per heavy atom. The van der Waals surface area contributed by atoms with E-state index in [1.165, 1.54) is 0 Å². The SMILES string of the molecule is CC(C)(C)NCCC(=O)CCC1CCCO1. The van der Waals surface area contributed by atoms with E-state index >= 15 is 0 Å². The first-order valence-electron chi connectivity index (χ1n) is 6.36. The second kappa shape index (κ2) is 6.36. The van der Waals surface area contributed by atoms with Gasteiger partial charge >= 0.3 is 0 Å². The maximum absolute atomic E-state index is 11.6. The molecule has 0 radical (unpaired) electrons. The summed E-state index contributed by atoms with van der Waals surface area (Å²) in [5, 5.41) is 3.33. The summed E-state index contributed by atoms with van der Waals surface area (Å²) in [4.78, 5) is 11.6. The average Bonchev–Trinajstić information content (AvgIpc) is 2.65. The van der Waals surface area contributed by atoms with Crippen molar-refractivity contribution >= 4 is 5.78 Å². The highest BCUT2D eigenvalue weighted by Gasteiger charge is 2.16. The monoisotopic (exact) mass is 227 g/mol. The lowest BCUT2D eigenvalue weighted by molar-refractivity contribution is -0.119. The average molecular weight is 227 g/mol. The minimum absolute atomic E-state index is 0.106. The lowest BCUT2D eigenvalue weighted by Crippen LogP contribution is -2.37. The standard InChI is InChI=1S/C13H25NO2/c1-13(2,3)14-9-8-11(15)6-7-12-5-4-10-16-12/h12,14H,4-10H2,1-3H3. The molecule has 0 aromatic rings. The van der Waals surface area contributed by atoms with E-state index in [0.717, 1.165) is 32.4 Å². The molecular weight excluding hydrogens is 202 g/mol. The lowest BCUT2D eigenvalue weighted by Gasteiger charge is -2.20. The van der Waals surface area contributed by atoms with Gasteiger partial charge in [0.25, 0.3) is 0 Å². The number of nitrogens with one attached hydrogen (secondary N) is 1. The van der Waals surface area contributed by atoms with Crippen LogP contribution in [0.2, 0.25) is 0 Å². The Bertz CT molecular complexity index is 214. The highest BCUT2D eigenvalue weighted by molar-refractivity contribution is 5.78. The van der Waals surface area contributed by atoms with Gasteiger partial charge in [0.2, 0.25) is 0 Å². The molecule has 3 heteroatoms. The molecule has 0 aromatic heterocycles. The Hall–Kier alpha value is -0.410. The van der Waals surface area contributed by atoms with Gasteiger partial charge < -0.3 is 10.1 Å². The van der Waals surface area contributed by atoms with Crippen LogP contribution in [0, 0.1) is 0 Å². The molecule has 0 saturated carbocycles. The fourth-order valence-electron chi connectivity index (χ4n) is 1.90. The van der Waals surface area contributed by atoms with Crippen molar-refractivity contribution < 1.29 is 9.53 Å². The third-order valence-electron chi connectivity index (χ3n) is 2.83. The Morgan fingerprint density at radius 1 is 1.38 bits per heavy atom. The third kappa shape index (κ3) is 6.23. The van der Waals surface area contributed by atoms with Crippen LogP contribution in [-0.4, -0.2) is 30.6 Å². The van der Waals surface area contributed by atoms with Gasteiger partial charge in [-0.1, -0.05) is 0 Å². The number of rotatable bonds is 6. The van der Waals surface area contributed by atoms with E-state index in [-0.39, 0.29) is 5.54 Å². The number of ether oxygens (including phenoxy) is 1. The summed E-state index contributed by atoms with van der Waals surface area (Å²) in [6.07, 6.45) is 4.87. The molecule has 1 atom stereocenters. The minimum Gasteiger partial charge on any atom is -0.378 e. The number of carbonyl (C=O) groups excluding carboxylic acids is 1. The predicted molar refractivity (Wildman–Crippen MR) is 65.6 cm³/mol. The zero-order chi connectivity index (χ0) is 12.0. The lowest BCUT2D eigenvalue weighted by atomic mass is 10.1. The van der Waals surface area contributed by atoms with Crippen molar-refractivity contribution in [2.45, 2.75) is 64.5 Å². The zero-order valence-corrected chi connectivity index (χ0v) is 10.8. The third-order valence-corrected chi connectivity index (χ3v) is 2.83. The highest BCUT2D eigenvalue weighted by atomic mass is 16.5. The van der Waals surface area contributed by atoms with Crippen molar-refractivity contribution in [1.82, 2.24) is 5.32 Å². The van der Waals surface area contributed by atoms with Crippen molar-refractivity contribution in [1.29, 1.82) is 0 Å². The van der Waals surface area contributed by atoms with Crippen LogP contribution < -0.4 is 5.32 Å². The summed E-state index contributed by atoms with van der Waals surface area (Å²) in [7, 11) is 0. The summed E-state index contributed by atoms with van der Waals surface area (Å²) in [6, 6.07) is 0. The van der Waals surface area contributed by atoms with Gasteiger partial charge in [0.15, 0.2) is 0 Å². The van der Waals surface area contributed by atoms with E-state index in [0.29, 0.717) is 24.7 Å². The number of hydrogen-bond acceptors (Lipinski definition) is 3. The highest BCUT2D eigenvalue weighted by Crippen LogP contribution is 2.17. The summed E-state index contributed by atoms with van der Waals surface area (Å²) in [6.45, 7) is 8.01. The summed E-state index contributed by atoms with van der Waals surface area (Å²) >= 11 is 0. The molecule has 0 amide bonds. The van der Waals surface area contributed by atoms with Gasteiger partial charge in [-0.3, -0.25) is 4.79 Å². The van der Waals surface area contributed by atoms with Crippen LogP contribution in [-0.2, 0) is 9.53 Å². The van der Waals surface area contributed by atoms with Crippen molar-refractivity contribution in [3.8, 4) is 0 Å². The second-order valence-electron chi connectivity index (χ2n) is 5.64. The molecule has 1 unspecified atom stereocenters. The minimum atomic E-state index is 0.106. The maximum atomic E-state index is 11.6. The van der Waals surface area contributed by atoms with Crippen molar-refractivity contribution in [3.63, 3.8) is 0 Å². The summed E-state index contributed by atoms with van der Waals surface area (Å²) in [5.74, 6) is 0.354. The molecule has 1 saturated heterocycles. The Balaban J connectivity index is 2.02. The molecule has 1 N–H and O–H groups in total. The van der Waals surface area contributed by atoms with Gasteiger partial charge in [0.05, 0.1) is 6.10 Å². The first-order valence-corrected chi connectivity index (χ1v) is 6.36. The molecule has 94 valence electrons. The molecule has 0 bridgehead atoms. The van der Waals surface area contributed by atoms with Gasteiger partial charge in [-0.25, -0.2) is 0 Å². The van der Waals surface area contributed by atoms with Crippen molar-refractivity contribution in [2.24, 2.45) is 0 Å². The molecule has 1 aliphatic rings. The number of hydrogen-bond donors (Lipinski definition) is 1. The first-order chi connectivity index (χ1) is 7.47. The Morgan fingerprint density at radius 3 is 2.69 bits per heavy atom. The smallest absolute Gasteiger partial charge is 0.134 e. The van der Waals surface area contributed by atoms with Gasteiger partial charge in [-0.05, 0) is 40.0 Å². The largest absolute Gasteiger partial charge is 0.378 e. The van der Waals surface area contributed by atoms with Gasteiger partial charge in [-0.15, -0.1) is 0 Å². The molecule has 1 fully saturated rings. The molecule has 0 aliphatic carbocycles. The number of ketones is 1. The fraction of sp³-hybridized carbons (Fsp3) is 0.923. The van der Waals surface area contributed by atoms with E-state index in [4.69, 9.17) is 4.74 Å². The molecule has 0 aromatic carbocycles. The fourth-order valence-corrected chi connectivity index (χ4v) is 1.90. The second-order valence-corrected chi connectivity index (χ2v) is 5.64. The zero-order valence-electron chi connectivity index (χ0n) is 10.8. The first kappa shape index (κ1) is 13.7. The maximum Gasteiger partial charge on any atom is 0.134 e. The van der Waals surface area contributed by atoms with E-state index < -0.39 is 0 Å². The molecule has 16 heavy (non-hydrogen) atoms. The summed E-state index contributed by atoms with van der Waals surface area (Å²) in [5.41, 5.74) is 0.106. The van der Waals surface area contributed by atoms with Crippen LogP contribution in [0.25, 0.3) is 0 Å². The van der Waals surface area contributed by atoms with Crippen LogP contribution in [0.4, 0.5) is 0 Å². The van der Waals surface area contributed by atoms with E-state index in [2.05, 4.69) is 26.1 Å². The van der Waals surface area contributed by atoms with Crippen molar-refractivity contribution in [3.05, 3.63) is 0 Å². The van der Waals surface area contributed by atoms with Crippen LogP contribution >= 0.6 is 0 Å². The molecule has 1 aliphatic heterocycles. The Kier molecular flexibility index (Phi) is 5.42. The van der Waals surface area contributed by atoms with Crippen LogP contribution in [0.5, 0.6) is 0 Å². The molecule has 0 spiro atoms. The topological polar surface area (TPSA) is 38.3 Å².